The molecule has 0 radical (unpaired) electrons. The Morgan fingerprint density at radius 1 is 1.35 bits per heavy atom. The minimum Gasteiger partial charge on any atom is -0.273 e. The molecule has 90 valence electrons. The van der Waals surface area contributed by atoms with Gasteiger partial charge in [0.25, 0.3) is 0 Å². The van der Waals surface area contributed by atoms with E-state index in [0.717, 1.165) is 16.4 Å². The average molecular weight is 248 g/mol. The van der Waals surface area contributed by atoms with Crippen LogP contribution in [-0.2, 0) is 4.79 Å². The zero-order valence-electron chi connectivity index (χ0n) is 10.3. The zero-order chi connectivity index (χ0) is 12.4. The predicted octanol–water partition coefficient (Wildman–Crippen LogP) is 2.84. The van der Waals surface area contributed by atoms with Crippen molar-refractivity contribution in [2.45, 2.75) is 26.8 Å². The highest BCUT2D eigenvalue weighted by Gasteiger charge is 2.30. The van der Waals surface area contributed by atoms with E-state index >= 15 is 0 Å². The molecular weight excluding hydrogens is 232 g/mol. The van der Waals surface area contributed by atoms with Crippen LogP contribution in [0.2, 0.25) is 0 Å². The maximum absolute atomic E-state index is 11.9. The van der Waals surface area contributed by atoms with Gasteiger partial charge in [-0.1, -0.05) is 30.0 Å². The van der Waals surface area contributed by atoms with E-state index < -0.39 is 0 Å². The van der Waals surface area contributed by atoms with E-state index in [1.165, 1.54) is 11.8 Å². The number of aliphatic imine (C=N–C) groups is 1. The number of anilines is 1. The molecule has 0 bridgehead atoms. The van der Waals surface area contributed by atoms with Crippen LogP contribution >= 0.6 is 11.8 Å². The molecule has 4 heteroatoms. The van der Waals surface area contributed by atoms with Crippen molar-refractivity contribution in [3.05, 3.63) is 29.8 Å². The topological polar surface area (TPSA) is 32.7 Å². The molecule has 0 unspecified atom stereocenters. The van der Waals surface area contributed by atoms with E-state index in [4.69, 9.17) is 0 Å². The molecular formula is C13H16N2OS. The van der Waals surface area contributed by atoms with E-state index in [1.54, 1.807) is 4.90 Å². The number of amides is 1. The van der Waals surface area contributed by atoms with Crippen LogP contribution in [0.25, 0.3) is 0 Å². The number of amidine groups is 1. The average Bonchev–Trinajstić information content (AvgIpc) is 2.60. The molecule has 1 saturated heterocycles. The molecule has 1 aliphatic rings. The predicted molar refractivity (Wildman–Crippen MR) is 73.7 cm³/mol. The summed E-state index contributed by atoms with van der Waals surface area (Å²) in [7, 11) is 0. The lowest BCUT2D eigenvalue weighted by atomic mass is 10.2. The van der Waals surface area contributed by atoms with Crippen LogP contribution < -0.4 is 4.90 Å². The van der Waals surface area contributed by atoms with E-state index in [9.17, 15) is 4.79 Å². The van der Waals surface area contributed by atoms with Gasteiger partial charge in [-0.05, 0) is 32.4 Å². The lowest BCUT2D eigenvalue weighted by Crippen LogP contribution is -2.30. The first-order valence-electron chi connectivity index (χ1n) is 5.69. The minimum atomic E-state index is 0.115. The largest absolute Gasteiger partial charge is 0.273 e. The highest BCUT2D eigenvalue weighted by Crippen LogP contribution is 2.29. The second kappa shape index (κ2) is 4.92. The second-order valence-electron chi connectivity index (χ2n) is 4.31. The molecule has 1 aromatic carbocycles. The van der Waals surface area contributed by atoms with Crippen molar-refractivity contribution in [2.75, 3.05) is 10.7 Å². The zero-order valence-corrected chi connectivity index (χ0v) is 11.1. The van der Waals surface area contributed by atoms with E-state index in [1.807, 2.05) is 45.0 Å². The first kappa shape index (κ1) is 12.2. The van der Waals surface area contributed by atoms with Crippen LogP contribution in [0.5, 0.6) is 0 Å². The number of carbonyl (C=O) groups excluding carboxylic acids is 1. The van der Waals surface area contributed by atoms with Crippen molar-refractivity contribution in [2.24, 2.45) is 4.99 Å². The Morgan fingerprint density at radius 3 is 2.71 bits per heavy atom. The van der Waals surface area contributed by atoms with Crippen molar-refractivity contribution in [3.8, 4) is 0 Å². The lowest BCUT2D eigenvalue weighted by Gasteiger charge is -2.18. The lowest BCUT2D eigenvalue weighted by molar-refractivity contribution is -0.115. The van der Waals surface area contributed by atoms with Crippen LogP contribution in [0.3, 0.4) is 0 Å². The second-order valence-corrected chi connectivity index (χ2v) is 5.25. The van der Waals surface area contributed by atoms with Gasteiger partial charge in [0.2, 0.25) is 5.91 Å². The summed E-state index contributed by atoms with van der Waals surface area (Å²) in [6, 6.07) is 8.11. The fourth-order valence-electron chi connectivity index (χ4n) is 1.73. The minimum absolute atomic E-state index is 0.115. The van der Waals surface area contributed by atoms with Crippen LogP contribution in [0.15, 0.2) is 29.3 Å². The van der Waals surface area contributed by atoms with Gasteiger partial charge in [0, 0.05) is 6.04 Å². The molecule has 0 aliphatic carbocycles. The van der Waals surface area contributed by atoms with Crippen molar-refractivity contribution < 1.29 is 4.79 Å². The van der Waals surface area contributed by atoms with Crippen molar-refractivity contribution in [1.29, 1.82) is 0 Å². The summed E-state index contributed by atoms with van der Waals surface area (Å²) in [5.41, 5.74) is 2.04. The van der Waals surface area contributed by atoms with Gasteiger partial charge in [-0.2, -0.15) is 0 Å². The van der Waals surface area contributed by atoms with Gasteiger partial charge in [0.05, 0.1) is 11.4 Å². The number of rotatable bonds is 2. The summed E-state index contributed by atoms with van der Waals surface area (Å²) in [6.07, 6.45) is 0. The standard InChI is InChI=1S/C13H16N2OS/c1-9(2)14-13-15(12(16)8-17-13)11-7-5-4-6-10(11)3/h4-7,9H,8H2,1-3H3/b14-13-. The Bertz CT molecular complexity index is 468. The van der Waals surface area contributed by atoms with E-state index in [2.05, 4.69) is 4.99 Å². The molecule has 0 aromatic heterocycles. The Labute approximate surface area is 106 Å². The van der Waals surface area contributed by atoms with Crippen LogP contribution in [0.1, 0.15) is 19.4 Å². The summed E-state index contributed by atoms with van der Waals surface area (Å²) in [5.74, 6) is 0.601. The fourth-order valence-corrected chi connectivity index (χ4v) is 2.73. The molecule has 1 aliphatic heterocycles. The van der Waals surface area contributed by atoms with Crippen LogP contribution in [-0.4, -0.2) is 22.9 Å². The first-order chi connectivity index (χ1) is 8.09. The number of para-hydroxylation sites is 1. The van der Waals surface area contributed by atoms with Gasteiger partial charge >= 0.3 is 0 Å². The van der Waals surface area contributed by atoms with Gasteiger partial charge in [-0.3, -0.25) is 14.7 Å². The smallest absolute Gasteiger partial charge is 0.243 e. The van der Waals surface area contributed by atoms with Crippen molar-refractivity contribution >= 4 is 28.5 Å². The third-order valence-corrected chi connectivity index (χ3v) is 3.43. The number of hydrogen-bond acceptors (Lipinski definition) is 3. The van der Waals surface area contributed by atoms with Gasteiger partial charge in [-0.25, -0.2) is 0 Å². The summed E-state index contributed by atoms with van der Waals surface area (Å²) in [5, 5.41) is 0.819. The molecule has 0 N–H and O–H groups in total. The van der Waals surface area contributed by atoms with Gasteiger partial charge in [-0.15, -0.1) is 0 Å². The summed E-state index contributed by atoms with van der Waals surface area (Å²) in [6.45, 7) is 6.05. The molecule has 2 rings (SSSR count). The number of carbonyl (C=O) groups is 1. The molecule has 3 nitrogen and oxygen atoms in total. The normalized spacial score (nSPS) is 18.5. The molecule has 0 spiro atoms. The summed E-state index contributed by atoms with van der Waals surface area (Å²) in [4.78, 5) is 18.2. The quantitative estimate of drug-likeness (QED) is 0.806. The molecule has 17 heavy (non-hydrogen) atoms. The Balaban J connectivity index is 2.41. The third kappa shape index (κ3) is 2.52. The Morgan fingerprint density at radius 2 is 2.06 bits per heavy atom. The molecule has 1 amide bonds. The van der Waals surface area contributed by atoms with Crippen LogP contribution in [0.4, 0.5) is 5.69 Å². The molecule has 1 fully saturated rings. The highest BCUT2D eigenvalue weighted by atomic mass is 32.2. The van der Waals surface area contributed by atoms with Crippen molar-refractivity contribution in [1.82, 2.24) is 0 Å². The highest BCUT2D eigenvalue weighted by molar-refractivity contribution is 8.15. The van der Waals surface area contributed by atoms with Gasteiger partial charge < -0.3 is 0 Å². The van der Waals surface area contributed by atoms with E-state index in [0.29, 0.717) is 5.75 Å². The van der Waals surface area contributed by atoms with Gasteiger partial charge in [0.15, 0.2) is 5.17 Å². The third-order valence-electron chi connectivity index (χ3n) is 2.49. The summed E-state index contributed by atoms with van der Waals surface area (Å²) >= 11 is 1.52. The number of thioether (sulfide) groups is 1. The van der Waals surface area contributed by atoms with Crippen molar-refractivity contribution in [3.63, 3.8) is 0 Å². The maximum Gasteiger partial charge on any atom is 0.243 e. The Hall–Kier alpha value is -1.29. The fraction of sp³-hybridized carbons (Fsp3) is 0.385. The Kier molecular flexibility index (Phi) is 3.52. The maximum atomic E-state index is 11.9. The number of hydrogen-bond donors (Lipinski definition) is 0. The summed E-state index contributed by atoms with van der Waals surface area (Å²) < 4.78 is 0. The van der Waals surface area contributed by atoms with Gasteiger partial charge in [0.1, 0.15) is 0 Å². The molecule has 0 atom stereocenters. The molecule has 1 heterocycles. The SMILES string of the molecule is Cc1ccccc1N1C(=O)CS/C1=N\C(C)C. The number of nitrogens with zero attached hydrogens (tertiary/aromatic N) is 2. The molecule has 1 aromatic rings. The number of benzene rings is 1. The van der Waals surface area contributed by atoms with E-state index in [-0.39, 0.29) is 11.9 Å². The van der Waals surface area contributed by atoms with Crippen LogP contribution in [0, 0.1) is 6.92 Å². The first-order valence-corrected chi connectivity index (χ1v) is 6.67. The molecule has 0 saturated carbocycles. The monoisotopic (exact) mass is 248 g/mol. The number of aryl methyl sites for hydroxylation is 1.